The van der Waals surface area contributed by atoms with Gasteiger partial charge in [-0.3, -0.25) is 4.90 Å². The van der Waals surface area contributed by atoms with Gasteiger partial charge < -0.3 is 14.6 Å². The number of benzene rings is 3. The van der Waals surface area contributed by atoms with Gasteiger partial charge in [0.2, 0.25) is 0 Å². The molecule has 4 nitrogen and oxygen atoms in total. The summed E-state index contributed by atoms with van der Waals surface area (Å²) >= 11 is 0. The third kappa shape index (κ3) is 4.30. The lowest BCUT2D eigenvalue weighted by molar-refractivity contribution is 0.160. The van der Waals surface area contributed by atoms with Gasteiger partial charge in [0.05, 0.1) is 0 Å². The van der Waals surface area contributed by atoms with E-state index in [0.717, 1.165) is 45.4 Å². The van der Waals surface area contributed by atoms with E-state index in [1.54, 1.807) is 30.3 Å². The third-order valence-electron chi connectivity index (χ3n) is 7.74. The summed E-state index contributed by atoms with van der Waals surface area (Å²) in [6, 6.07) is 20.1. The van der Waals surface area contributed by atoms with Gasteiger partial charge in [0.25, 0.3) is 0 Å². The molecule has 0 aromatic heterocycles. The predicted octanol–water partition coefficient (Wildman–Crippen LogP) is 6.31. The molecule has 2 heterocycles. The number of allylic oxidation sites excluding steroid dienone is 1. The van der Waals surface area contributed by atoms with Crippen LogP contribution in [0.5, 0.6) is 17.2 Å². The van der Waals surface area contributed by atoms with E-state index in [1.807, 2.05) is 31.2 Å². The van der Waals surface area contributed by atoms with Crippen molar-refractivity contribution in [1.82, 2.24) is 4.90 Å². The number of likely N-dealkylation sites (tertiary alicyclic amines) is 1. The molecule has 3 aliphatic rings. The highest BCUT2D eigenvalue weighted by Gasteiger charge is 2.46. The Morgan fingerprint density at radius 2 is 1.74 bits per heavy atom. The number of rotatable bonds is 6. The predicted molar refractivity (Wildman–Crippen MR) is 135 cm³/mol. The summed E-state index contributed by atoms with van der Waals surface area (Å²) in [6.07, 6.45) is 1.05. The van der Waals surface area contributed by atoms with Crippen LogP contribution >= 0.6 is 0 Å². The van der Waals surface area contributed by atoms with E-state index in [-0.39, 0.29) is 17.7 Å². The summed E-state index contributed by atoms with van der Waals surface area (Å²) in [7, 11) is 0. The first kappa shape index (κ1) is 22.2. The Balaban J connectivity index is 1.25. The molecule has 1 N–H and O–H groups in total. The van der Waals surface area contributed by atoms with Crippen molar-refractivity contribution < 1.29 is 19.0 Å². The highest BCUT2D eigenvalue weighted by atomic mass is 19.1. The number of fused-ring (bicyclic) bond motifs is 2. The monoisotopic (exact) mass is 471 g/mol. The molecule has 4 atom stereocenters. The van der Waals surface area contributed by atoms with Crippen LogP contribution in [0.25, 0.3) is 11.1 Å². The fourth-order valence-corrected chi connectivity index (χ4v) is 5.53. The summed E-state index contributed by atoms with van der Waals surface area (Å²) in [5.41, 5.74) is 4.67. The van der Waals surface area contributed by atoms with Crippen LogP contribution < -0.4 is 9.47 Å². The second kappa shape index (κ2) is 8.72. The lowest BCUT2D eigenvalue weighted by atomic mass is 9.86. The van der Waals surface area contributed by atoms with Gasteiger partial charge >= 0.3 is 0 Å². The molecule has 1 saturated carbocycles. The molecule has 4 unspecified atom stereocenters. The van der Waals surface area contributed by atoms with E-state index in [9.17, 15) is 9.50 Å². The van der Waals surface area contributed by atoms with Gasteiger partial charge in [-0.2, -0.15) is 0 Å². The number of nitrogens with zero attached hydrogens (tertiary/aromatic N) is 1. The standard InChI is InChI=1S/C30H30FNO3/c1-18(32-15-22-13-23(22)16-32)17-34-26-10-5-21(6-11-26)30-29(20-3-7-24(31)8-4-20)19(2)27-14-25(33)9-12-28(27)35-30/h3-12,14,18,22-23,30,33H,13,15-17H2,1-2H3. The maximum atomic E-state index is 13.7. The van der Waals surface area contributed by atoms with E-state index < -0.39 is 0 Å². The molecule has 0 amide bonds. The molecule has 2 aliphatic heterocycles. The van der Waals surface area contributed by atoms with Crippen molar-refractivity contribution in [3.05, 3.63) is 89.2 Å². The lowest BCUT2D eigenvalue weighted by Crippen LogP contribution is -2.36. The number of halogens is 1. The fourth-order valence-electron chi connectivity index (χ4n) is 5.53. The Kier molecular flexibility index (Phi) is 5.53. The Morgan fingerprint density at radius 3 is 2.46 bits per heavy atom. The zero-order valence-corrected chi connectivity index (χ0v) is 20.1. The molecule has 6 rings (SSSR count). The normalized spacial score (nSPS) is 23.9. The van der Waals surface area contributed by atoms with Crippen molar-refractivity contribution in [3.8, 4) is 17.2 Å². The van der Waals surface area contributed by atoms with Gasteiger partial charge in [0.1, 0.15) is 35.8 Å². The Labute approximate surface area is 205 Å². The molecule has 0 spiro atoms. The molecule has 180 valence electrons. The molecule has 35 heavy (non-hydrogen) atoms. The van der Waals surface area contributed by atoms with E-state index >= 15 is 0 Å². The van der Waals surface area contributed by atoms with Crippen molar-refractivity contribution in [2.45, 2.75) is 32.4 Å². The van der Waals surface area contributed by atoms with Crippen LogP contribution in [0.2, 0.25) is 0 Å². The molecule has 5 heteroatoms. The van der Waals surface area contributed by atoms with E-state index in [1.165, 1.54) is 31.6 Å². The van der Waals surface area contributed by atoms with E-state index in [0.29, 0.717) is 18.4 Å². The zero-order chi connectivity index (χ0) is 24.1. The number of hydrogen-bond donors (Lipinski definition) is 1. The average molecular weight is 472 g/mol. The third-order valence-corrected chi connectivity index (χ3v) is 7.74. The number of aromatic hydroxyl groups is 1. The highest BCUT2D eigenvalue weighted by molar-refractivity contribution is 5.95. The van der Waals surface area contributed by atoms with Crippen molar-refractivity contribution in [1.29, 1.82) is 0 Å². The number of phenolic OH excluding ortho intramolecular Hbond substituents is 1. The van der Waals surface area contributed by atoms with Crippen LogP contribution in [0.1, 0.15) is 43.1 Å². The molecule has 1 aliphatic carbocycles. The SMILES string of the molecule is CC1=C(c2ccc(F)cc2)C(c2ccc(OCC(C)N3CC4CC4C3)cc2)Oc2ccc(O)cc21. The van der Waals surface area contributed by atoms with Crippen LogP contribution in [0.3, 0.4) is 0 Å². The zero-order valence-electron chi connectivity index (χ0n) is 20.1. The molecule has 0 bridgehead atoms. The van der Waals surface area contributed by atoms with E-state index in [4.69, 9.17) is 9.47 Å². The maximum Gasteiger partial charge on any atom is 0.150 e. The van der Waals surface area contributed by atoms with E-state index in [2.05, 4.69) is 11.8 Å². The van der Waals surface area contributed by atoms with Crippen molar-refractivity contribution >= 4 is 11.1 Å². The van der Waals surface area contributed by atoms with Gasteiger partial charge in [0.15, 0.2) is 0 Å². The molecular formula is C30H30FNO3. The first-order chi connectivity index (χ1) is 17.0. The maximum absolute atomic E-state index is 13.7. The van der Waals surface area contributed by atoms with Crippen molar-refractivity contribution in [3.63, 3.8) is 0 Å². The van der Waals surface area contributed by atoms with Gasteiger partial charge in [0, 0.05) is 30.3 Å². The minimum absolute atomic E-state index is 0.185. The molecule has 3 aromatic rings. The number of piperidine rings is 1. The minimum atomic E-state index is -0.359. The first-order valence-corrected chi connectivity index (χ1v) is 12.4. The molecule has 1 saturated heterocycles. The van der Waals surface area contributed by atoms with Crippen molar-refractivity contribution in [2.24, 2.45) is 11.8 Å². The summed E-state index contributed by atoms with van der Waals surface area (Å²) in [4.78, 5) is 2.54. The van der Waals surface area contributed by atoms with Crippen molar-refractivity contribution in [2.75, 3.05) is 19.7 Å². The van der Waals surface area contributed by atoms with Crippen LogP contribution in [0, 0.1) is 17.7 Å². The minimum Gasteiger partial charge on any atom is -0.508 e. The van der Waals surface area contributed by atoms with Crippen LogP contribution in [0.15, 0.2) is 66.7 Å². The molecule has 0 radical (unpaired) electrons. The number of hydrogen-bond acceptors (Lipinski definition) is 4. The highest BCUT2D eigenvalue weighted by Crippen LogP contribution is 2.48. The number of ether oxygens (including phenoxy) is 2. The first-order valence-electron chi connectivity index (χ1n) is 12.4. The smallest absolute Gasteiger partial charge is 0.150 e. The Bertz CT molecular complexity index is 1260. The van der Waals surface area contributed by atoms with Gasteiger partial charge in [-0.05, 0) is 91.3 Å². The fraction of sp³-hybridized carbons (Fsp3) is 0.333. The second-order valence-electron chi connectivity index (χ2n) is 10.2. The molecule has 2 fully saturated rings. The number of phenols is 1. The summed E-state index contributed by atoms with van der Waals surface area (Å²) < 4.78 is 26.2. The van der Waals surface area contributed by atoms with Crippen LogP contribution in [0.4, 0.5) is 4.39 Å². The largest absolute Gasteiger partial charge is 0.508 e. The van der Waals surface area contributed by atoms with Gasteiger partial charge in [-0.15, -0.1) is 0 Å². The second-order valence-corrected chi connectivity index (χ2v) is 10.2. The van der Waals surface area contributed by atoms with Gasteiger partial charge in [-0.25, -0.2) is 4.39 Å². The Morgan fingerprint density at radius 1 is 1.03 bits per heavy atom. The summed E-state index contributed by atoms with van der Waals surface area (Å²) in [5.74, 6) is 3.32. The quantitative estimate of drug-likeness (QED) is 0.457. The molecule has 3 aromatic carbocycles. The lowest BCUT2D eigenvalue weighted by Gasteiger charge is -2.31. The summed E-state index contributed by atoms with van der Waals surface area (Å²) in [6.45, 7) is 7.37. The van der Waals surface area contributed by atoms with Gasteiger partial charge in [-0.1, -0.05) is 24.3 Å². The topological polar surface area (TPSA) is 41.9 Å². The molecular weight excluding hydrogens is 441 g/mol. The Hall–Kier alpha value is -3.31. The van der Waals surface area contributed by atoms with Crippen LogP contribution in [-0.4, -0.2) is 35.7 Å². The average Bonchev–Trinajstić information content (AvgIpc) is 3.48. The summed E-state index contributed by atoms with van der Waals surface area (Å²) in [5, 5.41) is 10.0. The van der Waals surface area contributed by atoms with Crippen LogP contribution in [-0.2, 0) is 0 Å².